The Morgan fingerprint density at radius 2 is 1.77 bits per heavy atom. The van der Waals surface area contributed by atoms with Crippen LogP contribution in [0.1, 0.15) is 37.0 Å². The fourth-order valence-electron chi connectivity index (χ4n) is 3.23. The fourth-order valence-corrected chi connectivity index (χ4v) is 3.23. The maximum atomic E-state index is 12.5. The lowest BCUT2D eigenvalue weighted by molar-refractivity contribution is -0.156. The van der Waals surface area contributed by atoms with Gasteiger partial charge in [-0.05, 0) is 31.4 Å². The number of urea groups is 1. The average Bonchev–Trinajstić information content (AvgIpc) is 3.16. The zero-order chi connectivity index (χ0) is 21.3. The first kappa shape index (κ1) is 21.1. The molecule has 0 saturated heterocycles. The molecule has 156 valence electrons. The number of esters is 1. The van der Waals surface area contributed by atoms with Crippen LogP contribution in [0.5, 0.6) is 0 Å². The van der Waals surface area contributed by atoms with E-state index in [0.717, 1.165) is 16.5 Å². The molecule has 3 amide bonds. The molecular weight excluding hydrogens is 382 g/mol. The number of benzene rings is 2. The number of aryl methyl sites for hydroxylation is 1. The normalized spacial score (nSPS) is 11.6. The van der Waals surface area contributed by atoms with Gasteiger partial charge in [0.15, 0.2) is 0 Å². The van der Waals surface area contributed by atoms with Crippen LogP contribution in [0.4, 0.5) is 4.79 Å². The number of nitrogens with one attached hydrogen (secondary N) is 3. The summed E-state index contributed by atoms with van der Waals surface area (Å²) >= 11 is 0. The minimum Gasteiger partial charge on any atom is -0.447 e. The Morgan fingerprint density at radius 3 is 2.53 bits per heavy atom. The highest BCUT2D eigenvalue weighted by Gasteiger charge is 2.26. The monoisotopic (exact) mass is 407 g/mol. The number of para-hydroxylation sites is 1. The van der Waals surface area contributed by atoms with Gasteiger partial charge in [0.25, 0.3) is 5.91 Å². The number of fused-ring (bicyclic) bond motifs is 1. The van der Waals surface area contributed by atoms with E-state index in [9.17, 15) is 14.4 Å². The Labute approximate surface area is 174 Å². The van der Waals surface area contributed by atoms with Crippen molar-refractivity contribution in [2.45, 2.75) is 32.3 Å². The lowest BCUT2D eigenvalue weighted by Gasteiger charge is -2.17. The number of aromatic amines is 1. The topological polar surface area (TPSA) is 100 Å². The molecule has 1 heterocycles. The van der Waals surface area contributed by atoms with E-state index >= 15 is 0 Å². The molecule has 0 fully saturated rings. The number of hydrogen-bond donors (Lipinski definition) is 3. The van der Waals surface area contributed by atoms with Gasteiger partial charge in [-0.15, -0.1) is 0 Å². The summed E-state index contributed by atoms with van der Waals surface area (Å²) in [4.78, 5) is 39.9. The van der Waals surface area contributed by atoms with E-state index in [2.05, 4.69) is 15.6 Å². The minimum atomic E-state index is -1.19. The van der Waals surface area contributed by atoms with Gasteiger partial charge in [-0.1, -0.05) is 48.5 Å². The highest BCUT2D eigenvalue weighted by atomic mass is 16.5. The molecule has 0 aliphatic carbocycles. The molecule has 0 radical (unpaired) electrons. The Morgan fingerprint density at radius 1 is 1.03 bits per heavy atom. The summed E-state index contributed by atoms with van der Waals surface area (Å²) in [5.41, 5.74) is 2.69. The molecule has 7 heteroatoms. The third kappa shape index (κ3) is 5.47. The van der Waals surface area contributed by atoms with Crippen LogP contribution >= 0.6 is 0 Å². The highest BCUT2D eigenvalue weighted by molar-refractivity contribution is 5.97. The summed E-state index contributed by atoms with van der Waals surface area (Å²) in [6.07, 6.45) is 2.22. The molecule has 1 aromatic heterocycles. The van der Waals surface area contributed by atoms with Crippen LogP contribution in [0.15, 0.2) is 60.8 Å². The molecule has 3 N–H and O–H groups in total. The average molecular weight is 407 g/mol. The van der Waals surface area contributed by atoms with Gasteiger partial charge in [0.1, 0.15) is 0 Å². The summed E-state index contributed by atoms with van der Waals surface area (Å²) in [6, 6.07) is 16.0. The first-order valence-electron chi connectivity index (χ1n) is 9.96. The third-order valence-corrected chi connectivity index (χ3v) is 4.67. The van der Waals surface area contributed by atoms with Crippen molar-refractivity contribution in [1.29, 1.82) is 0 Å². The molecule has 0 aliphatic heterocycles. The van der Waals surface area contributed by atoms with Crippen LogP contribution < -0.4 is 10.6 Å². The zero-order valence-corrected chi connectivity index (χ0v) is 16.8. The van der Waals surface area contributed by atoms with Crippen molar-refractivity contribution >= 4 is 28.8 Å². The number of rotatable bonds is 8. The smallest absolute Gasteiger partial charge is 0.321 e. The van der Waals surface area contributed by atoms with E-state index in [0.29, 0.717) is 24.9 Å². The number of carbonyl (C=O) groups is 3. The van der Waals surface area contributed by atoms with E-state index in [1.807, 2.05) is 30.5 Å². The van der Waals surface area contributed by atoms with E-state index in [1.165, 1.54) is 0 Å². The molecule has 0 bridgehead atoms. The summed E-state index contributed by atoms with van der Waals surface area (Å²) < 4.78 is 5.45. The lowest BCUT2D eigenvalue weighted by Crippen LogP contribution is -2.42. The van der Waals surface area contributed by atoms with Crippen molar-refractivity contribution in [3.63, 3.8) is 0 Å². The van der Waals surface area contributed by atoms with Gasteiger partial charge in [0.2, 0.25) is 6.10 Å². The SMILES string of the molecule is CCNC(=O)NC(=O)[C@@H](OC(=O)CCCc1c[nH]c2ccccc12)c1ccccc1. The quantitative estimate of drug-likeness (QED) is 0.497. The number of amides is 3. The fraction of sp³-hybridized carbons (Fsp3) is 0.261. The second kappa shape index (κ2) is 10.2. The Kier molecular flexibility index (Phi) is 7.21. The largest absolute Gasteiger partial charge is 0.447 e. The Hall–Kier alpha value is -3.61. The van der Waals surface area contributed by atoms with E-state index in [1.54, 1.807) is 37.3 Å². The predicted octanol–water partition coefficient (Wildman–Crippen LogP) is 3.62. The highest BCUT2D eigenvalue weighted by Crippen LogP contribution is 2.21. The van der Waals surface area contributed by atoms with Gasteiger partial charge in [-0.25, -0.2) is 4.79 Å². The molecule has 3 aromatic rings. The zero-order valence-electron chi connectivity index (χ0n) is 16.8. The van der Waals surface area contributed by atoms with Crippen molar-refractivity contribution in [3.05, 3.63) is 71.9 Å². The predicted molar refractivity (Wildman–Crippen MR) is 114 cm³/mol. The second-order valence-corrected chi connectivity index (χ2v) is 6.84. The van der Waals surface area contributed by atoms with Crippen LogP contribution in [-0.2, 0) is 20.7 Å². The maximum absolute atomic E-state index is 12.5. The van der Waals surface area contributed by atoms with Crippen molar-refractivity contribution in [2.75, 3.05) is 6.54 Å². The first-order chi connectivity index (χ1) is 14.6. The van der Waals surface area contributed by atoms with Gasteiger partial charge in [-0.3, -0.25) is 14.9 Å². The number of ether oxygens (including phenoxy) is 1. The number of H-pyrrole nitrogens is 1. The van der Waals surface area contributed by atoms with Gasteiger partial charge in [0.05, 0.1) is 0 Å². The lowest BCUT2D eigenvalue weighted by atomic mass is 10.1. The minimum absolute atomic E-state index is 0.164. The van der Waals surface area contributed by atoms with Gasteiger partial charge >= 0.3 is 12.0 Å². The molecule has 0 saturated carbocycles. The Balaban J connectivity index is 1.60. The van der Waals surface area contributed by atoms with Crippen LogP contribution in [0.2, 0.25) is 0 Å². The van der Waals surface area contributed by atoms with Crippen molar-refractivity contribution in [2.24, 2.45) is 0 Å². The molecular formula is C23H25N3O4. The third-order valence-electron chi connectivity index (χ3n) is 4.67. The van der Waals surface area contributed by atoms with Crippen LogP contribution in [-0.4, -0.2) is 29.4 Å². The van der Waals surface area contributed by atoms with Gasteiger partial charge in [0, 0.05) is 35.6 Å². The summed E-state index contributed by atoms with van der Waals surface area (Å²) in [5.74, 6) is -1.17. The van der Waals surface area contributed by atoms with Gasteiger partial charge < -0.3 is 15.0 Å². The van der Waals surface area contributed by atoms with Crippen molar-refractivity contribution in [1.82, 2.24) is 15.6 Å². The molecule has 3 rings (SSSR count). The molecule has 7 nitrogen and oxygen atoms in total. The molecule has 1 atom stereocenters. The van der Waals surface area contributed by atoms with E-state index in [-0.39, 0.29) is 6.42 Å². The van der Waals surface area contributed by atoms with Crippen molar-refractivity contribution < 1.29 is 19.1 Å². The van der Waals surface area contributed by atoms with Crippen molar-refractivity contribution in [3.8, 4) is 0 Å². The summed E-state index contributed by atoms with van der Waals surface area (Å²) in [7, 11) is 0. The van der Waals surface area contributed by atoms with E-state index < -0.39 is 24.0 Å². The summed E-state index contributed by atoms with van der Waals surface area (Å²) in [6.45, 7) is 2.12. The Bertz CT molecular complexity index is 1010. The number of imide groups is 1. The van der Waals surface area contributed by atoms with Crippen LogP contribution in [0.3, 0.4) is 0 Å². The molecule has 2 aromatic carbocycles. The molecule has 0 spiro atoms. The van der Waals surface area contributed by atoms with E-state index in [4.69, 9.17) is 4.74 Å². The number of aromatic nitrogens is 1. The molecule has 0 unspecified atom stereocenters. The number of hydrogen-bond acceptors (Lipinski definition) is 4. The van der Waals surface area contributed by atoms with Crippen LogP contribution in [0.25, 0.3) is 10.9 Å². The standard InChI is InChI=1S/C23H25N3O4/c1-2-24-23(29)26-22(28)21(16-9-4-3-5-10-16)30-20(27)14-8-11-17-15-25-19-13-7-6-12-18(17)19/h3-7,9-10,12-13,15,21,25H,2,8,11,14H2,1H3,(H2,24,26,28,29)/t21-/m0/s1. The van der Waals surface area contributed by atoms with Gasteiger partial charge in [-0.2, -0.15) is 0 Å². The van der Waals surface area contributed by atoms with Crippen LogP contribution in [0, 0.1) is 0 Å². The first-order valence-corrected chi connectivity index (χ1v) is 9.96. The maximum Gasteiger partial charge on any atom is 0.321 e. The molecule has 30 heavy (non-hydrogen) atoms. The second-order valence-electron chi connectivity index (χ2n) is 6.84. The summed E-state index contributed by atoms with van der Waals surface area (Å²) in [5, 5.41) is 5.83. The number of carbonyl (C=O) groups excluding carboxylic acids is 3. The molecule has 0 aliphatic rings.